The normalized spacial score (nSPS) is 17.6. The summed E-state index contributed by atoms with van der Waals surface area (Å²) in [6, 6.07) is 3.64. The van der Waals surface area contributed by atoms with Crippen LogP contribution in [0.3, 0.4) is 0 Å². The summed E-state index contributed by atoms with van der Waals surface area (Å²) in [6.07, 6.45) is 6.10. The van der Waals surface area contributed by atoms with Gasteiger partial charge in [-0.1, -0.05) is 6.92 Å². The van der Waals surface area contributed by atoms with Gasteiger partial charge < -0.3 is 10.2 Å². The maximum Gasteiger partial charge on any atom is 0.274 e. The van der Waals surface area contributed by atoms with Crippen molar-refractivity contribution in [2.24, 2.45) is 11.8 Å². The van der Waals surface area contributed by atoms with Gasteiger partial charge in [0.25, 0.3) is 5.91 Å². The molecule has 5 heteroatoms. The van der Waals surface area contributed by atoms with E-state index in [9.17, 15) is 4.79 Å². The summed E-state index contributed by atoms with van der Waals surface area (Å²) < 4.78 is 0. The first kappa shape index (κ1) is 14.3. The van der Waals surface area contributed by atoms with Crippen molar-refractivity contribution in [3.05, 3.63) is 17.8 Å². The lowest BCUT2D eigenvalue weighted by atomic mass is 10.2. The molecule has 0 aliphatic heterocycles. The Morgan fingerprint density at radius 1 is 1.19 bits per heavy atom. The average Bonchev–Trinajstić information content (AvgIpc) is 3.40. The van der Waals surface area contributed by atoms with Crippen LogP contribution in [0.5, 0.6) is 0 Å². The first-order valence-corrected chi connectivity index (χ1v) is 8.13. The Balaban J connectivity index is 1.62. The van der Waals surface area contributed by atoms with Crippen LogP contribution in [-0.2, 0) is 0 Å². The number of carbonyl (C=O) groups excluding carboxylic acids is 1. The van der Waals surface area contributed by atoms with E-state index in [1.54, 1.807) is 6.07 Å². The molecule has 1 amide bonds. The highest BCUT2D eigenvalue weighted by Crippen LogP contribution is 2.34. The molecule has 1 heterocycles. The Bertz CT molecular complexity index is 466. The van der Waals surface area contributed by atoms with E-state index in [0.717, 1.165) is 31.9 Å². The fraction of sp³-hybridized carbons (Fsp3) is 0.688. The Kier molecular flexibility index (Phi) is 4.36. The summed E-state index contributed by atoms with van der Waals surface area (Å²) in [4.78, 5) is 14.6. The van der Waals surface area contributed by atoms with E-state index in [0.29, 0.717) is 17.5 Å². The first-order valence-electron chi connectivity index (χ1n) is 8.13. The molecule has 114 valence electrons. The molecule has 21 heavy (non-hydrogen) atoms. The van der Waals surface area contributed by atoms with Gasteiger partial charge in [0.15, 0.2) is 5.69 Å². The number of nitrogens with one attached hydrogen (secondary N) is 1. The Morgan fingerprint density at radius 2 is 1.86 bits per heavy atom. The van der Waals surface area contributed by atoms with Crippen molar-refractivity contribution in [1.82, 2.24) is 15.1 Å². The molecular weight excluding hydrogens is 264 g/mol. The zero-order valence-electron chi connectivity index (χ0n) is 12.7. The van der Waals surface area contributed by atoms with Crippen molar-refractivity contribution in [2.75, 3.05) is 25.0 Å². The third kappa shape index (κ3) is 4.16. The molecule has 1 aromatic heterocycles. The van der Waals surface area contributed by atoms with Crippen LogP contribution in [0, 0.1) is 11.8 Å². The van der Waals surface area contributed by atoms with Crippen LogP contribution in [-0.4, -0.2) is 40.6 Å². The predicted octanol–water partition coefficient (Wildman–Crippen LogP) is 2.56. The average molecular weight is 288 g/mol. The standard InChI is InChI=1S/C16H24N4O/c1-2-9-17-15-8-7-14(18-19-15)16(21)20(10-12-3-4-12)11-13-5-6-13/h7-8,12-13H,2-6,9-11H2,1H3,(H,17,19). The third-order valence-corrected chi connectivity index (χ3v) is 4.08. The molecule has 0 saturated heterocycles. The Labute approximate surface area is 126 Å². The van der Waals surface area contributed by atoms with E-state index in [1.165, 1.54) is 25.7 Å². The lowest BCUT2D eigenvalue weighted by Crippen LogP contribution is -2.35. The molecule has 2 aliphatic rings. The van der Waals surface area contributed by atoms with E-state index in [-0.39, 0.29) is 5.91 Å². The molecule has 1 aromatic rings. The molecule has 3 rings (SSSR count). The maximum absolute atomic E-state index is 12.6. The predicted molar refractivity (Wildman–Crippen MR) is 82.2 cm³/mol. The van der Waals surface area contributed by atoms with Crippen molar-refractivity contribution >= 4 is 11.7 Å². The SMILES string of the molecule is CCCNc1ccc(C(=O)N(CC2CC2)CC2CC2)nn1. The molecular formula is C16H24N4O. The van der Waals surface area contributed by atoms with Gasteiger partial charge in [0.2, 0.25) is 0 Å². The Morgan fingerprint density at radius 3 is 2.33 bits per heavy atom. The first-order chi connectivity index (χ1) is 10.3. The number of amides is 1. The van der Waals surface area contributed by atoms with Crippen molar-refractivity contribution < 1.29 is 4.79 Å². The minimum Gasteiger partial charge on any atom is -0.369 e. The van der Waals surface area contributed by atoms with Crippen molar-refractivity contribution in [1.29, 1.82) is 0 Å². The van der Waals surface area contributed by atoms with Crippen LogP contribution in [0.25, 0.3) is 0 Å². The monoisotopic (exact) mass is 288 g/mol. The molecule has 2 saturated carbocycles. The zero-order chi connectivity index (χ0) is 14.7. The lowest BCUT2D eigenvalue weighted by molar-refractivity contribution is 0.0732. The highest BCUT2D eigenvalue weighted by Gasteiger charge is 2.32. The van der Waals surface area contributed by atoms with Gasteiger partial charge in [-0.05, 0) is 56.1 Å². The van der Waals surface area contributed by atoms with Crippen molar-refractivity contribution in [3.8, 4) is 0 Å². The topological polar surface area (TPSA) is 58.1 Å². The highest BCUT2D eigenvalue weighted by molar-refractivity contribution is 5.92. The highest BCUT2D eigenvalue weighted by atomic mass is 16.2. The van der Waals surface area contributed by atoms with Crippen LogP contribution in [0.15, 0.2) is 12.1 Å². The molecule has 5 nitrogen and oxygen atoms in total. The lowest BCUT2D eigenvalue weighted by Gasteiger charge is -2.22. The quantitative estimate of drug-likeness (QED) is 0.798. The molecule has 0 atom stereocenters. The summed E-state index contributed by atoms with van der Waals surface area (Å²) >= 11 is 0. The maximum atomic E-state index is 12.6. The van der Waals surface area contributed by atoms with Crippen LogP contribution in [0.1, 0.15) is 49.5 Å². The van der Waals surface area contributed by atoms with Gasteiger partial charge >= 0.3 is 0 Å². The molecule has 0 bridgehead atoms. The van der Waals surface area contributed by atoms with E-state index in [1.807, 2.05) is 11.0 Å². The van der Waals surface area contributed by atoms with E-state index < -0.39 is 0 Å². The second-order valence-corrected chi connectivity index (χ2v) is 6.33. The van der Waals surface area contributed by atoms with Crippen molar-refractivity contribution in [3.63, 3.8) is 0 Å². The van der Waals surface area contributed by atoms with Crippen LogP contribution >= 0.6 is 0 Å². The van der Waals surface area contributed by atoms with E-state index >= 15 is 0 Å². The molecule has 0 aromatic carbocycles. The number of carbonyl (C=O) groups is 1. The molecule has 2 aliphatic carbocycles. The van der Waals surface area contributed by atoms with Crippen LogP contribution in [0.2, 0.25) is 0 Å². The van der Waals surface area contributed by atoms with Gasteiger partial charge in [-0.15, -0.1) is 10.2 Å². The Hall–Kier alpha value is -1.65. The van der Waals surface area contributed by atoms with Crippen LogP contribution in [0.4, 0.5) is 5.82 Å². The number of anilines is 1. The van der Waals surface area contributed by atoms with Gasteiger partial charge in [0.05, 0.1) is 0 Å². The van der Waals surface area contributed by atoms with E-state index in [4.69, 9.17) is 0 Å². The molecule has 2 fully saturated rings. The van der Waals surface area contributed by atoms with Gasteiger partial charge in [-0.2, -0.15) is 0 Å². The smallest absolute Gasteiger partial charge is 0.274 e. The fourth-order valence-corrected chi connectivity index (χ4v) is 2.42. The zero-order valence-corrected chi connectivity index (χ0v) is 12.7. The molecule has 0 unspecified atom stereocenters. The van der Waals surface area contributed by atoms with Gasteiger partial charge in [0.1, 0.15) is 5.82 Å². The van der Waals surface area contributed by atoms with Gasteiger partial charge in [0, 0.05) is 19.6 Å². The van der Waals surface area contributed by atoms with Gasteiger partial charge in [-0.3, -0.25) is 4.79 Å². The minimum absolute atomic E-state index is 0.0448. The summed E-state index contributed by atoms with van der Waals surface area (Å²) in [7, 11) is 0. The number of rotatable bonds is 8. The van der Waals surface area contributed by atoms with Crippen molar-refractivity contribution in [2.45, 2.75) is 39.0 Å². The molecule has 0 spiro atoms. The number of aromatic nitrogens is 2. The second-order valence-electron chi connectivity index (χ2n) is 6.33. The largest absolute Gasteiger partial charge is 0.369 e. The molecule has 0 radical (unpaired) electrons. The van der Waals surface area contributed by atoms with Crippen LogP contribution < -0.4 is 5.32 Å². The summed E-state index contributed by atoms with van der Waals surface area (Å²) in [5.74, 6) is 2.21. The summed E-state index contributed by atoms with van der Waals surface area (Å²) in [5, 5.41) is 11.4. The fourth-order valence-electron chi connectivity index (χ4n) is 2.42. The number of hydrogen-bond acceptors (Lipinski definition) is 4. The number of nitrogens with zero attached hydrogens (tertiary/aromatic N) is 3. The number of hydrogen-bond donors (Lipinski definition) is 1. The second kappa shape index (κ2) is 6.41. The molecule has 1 N–H and O–H groups in total. The van der Waals surface area contributed by atoms with E-state index in [2.05, 4.69) is 22.4 Å². The van der Waals surface area contributed by atoms with Gasteiger partial charge in [-0.25, -0.2) is 0 Å². The summed E-state index contributed by atoms with van der Waals surface area (Å²) in [6.45, 7) is 4.77. The minimum atomic E-state index is 0.0448. The summed E-state index contributed by atoms with van der Waals surface area (Å²) in [5.41, 5.74) is 0.471. The third-order valence-electron chi connectivity index (χ3n) is 4.08.